The highest BCUT2D eigenvalue weighted by Crippen LogP contribution is 2.26. The molecule has 2 nitrogen and oxygen atoms in total. The second kappa shape index (κ2) is 5.72. The number of hydrogen-bond acceptors (Lipinski definition) is 2. The molecule has 2 heteroatoms. The Balaban J connectivity index is 2.29. The van der Waals surface area contributed by atoms with Crippen molar-refractivity contribution in [3.8, 4) is 0 Å². The van der Waals surface area contributed by atoms with Crippen LogP contribution in [-0.2, 0) is 4.74 Å². The Bertz CT molecular complexity index is 158. The fraction of sp³-hybridized carbons (Fsp3) is 1.00. The Kier molecular flexibility index (Phi) is 4.90. The molecule has 0 aromatic rings. The van der Waals surface area contributed by atoms with Crippen molar-refractivity contribution in [2.24, 2.45) is 11.8 Å². The molecule has 0 amide bonds. The second-order valence-electron chi connectivity index (χ2n) is 4.80. The van der Waals surface area contributed by atoms with Gasteiger partial charge in [0.1, 0.15) is 0 Å². The van der Waals surface area contributed by atoms with Gasteiger partial charge in [-0.15, -0.1) is 0 Å². The van der Waals surface area contributed by atoms with E-state index < -0.39 is 0 Å². The van der Waals surface area contributed by atoms with E-state index in [4.69, 9.17) is 4.74 Å². The van der Waals surface area contributed by atoms with Gasteiger partial charge in [0.15, 0.2) is 0 Å². The van der Waals surface area contributed by atoms with Gasteiger partial charge in [0.25, 0.3) is 0 Å². The zero-order valence-electron chi connectivity index (χ0n) is 9.70. The summed E-state index contributed by atoms with van der Waals surface area (Å²) in [5, 5.41) is 9.99. The molecule has 1 aliphatic heterocycles. The molecule has 0 aliphatic carbocycles. The van der Waals surface area contributed by atoms with Crippen LogP contribution in [0.2, 0.25) is 0 Å². The lowest BCUT2D eigenvalue weighted by Gasteiger charge is -2.23. The predicted molar refractivity (Wildman–Crippen MR) is 58.2 cm³/mol. The van der Waals surface area contributed by atoms with Gasteiger partial charge >= 0.3 is 0 Å². The van der Waals surface area contributed by atoms with Gasteiger partial charge in [-0.1, -0.05) is 33.6 Å². The van der Waals surface area contributed by atoms with Gasteiger partial charge < -0.3 is 9.84 Å². The molecule has 0 radical (unpaired) electrons. The summed E-state index contributed by atoms with van der Waals surface area (Å²) in [4.78, 5) is 0. The van der Waals surface area contributed by atoms with Crippen LogP contribution in [0.3, 0.4) is 0 Å². The molecular weight excluding hydrogens is 176 g/mol. The van der Waals surface area contributed by atoms with Crippen LogP contribution in [0.15, 0.2) is 0 Å². The van der Waals surface area contributed by atoms with Gasteiger partial charge in [0, 0.05) is 6.61 Å². The summed E-state index contributed by atoms with van der Waals surface area (Å²) in [6.07, 6.45) is 4.24. The molecule has 4 unspecified atom stereocenters. The maximum Gasteiger partial charge on any atom is 0.0860 e. The summed E-state index contributed by atoms with van der Waals surface area (Å²) in [6.45, 7) is 7.40. The summed E-state index contributed by atoms with van der Waals surface area (Å²) in [5.74, 6) is 1.14. The molecule has 84 valence electrons. The van der Waals surface area contributed by atoms with E-state index >= 15 is 0 Å². The van der Waals surface area contributed by atoms with Crippen LogP contribution in [0.1, 0.15) is 46.5 Å². The summed E-state index contributed by atoms with van der Waals surface area (Å²) < 4.78 is 5.56. The average molecular weight is 200 g/mol. The number of aliphatic hydroxyl groups excluding tert-OH is 1. The number of hydrogen-bond donors (Lipinski definition) is 1. The first-order valence-corrected chi connectivity index (χ1v) is 5.94. The first kappa shape index (κ1) is 12.0. The SMILES string of the molecule is CCCC(C)CC(O)C1OCCC1C. The lowest BCUT2D eigenvalue weighted by molar-refractivity contribution is -0.0267. The highest BCUT2D eigenvalue weighted by Gasteiger charge is 2.31. The third kappa shape index (κ3) is 3.25. The van der Waals surface area contributed by atoms with Crippen molar-refractivity contribution in [1.82, 2.24) is 0 Å². The van der Waals surface area contributed by atoms with E-state index in [0.29, 0.717) is 11.8 Å². The maximum absolute atomic E-state index is 9.99. The summed E-state index contributed by atoms with van der Waals surface area (Å²) >= 11 is 0. The molecule has 14 heavy (non-hydrogen) atoms. The Morgan fingerprint density at radius 1 is 1.50 bits per heavy atom. The predicted octanol–water partition coefficient (Wildman–Crippen LogP) is 2.60. The molecular formula is C12H24O2. The zero-order valence-corrected chi connectivity index (χ0v) is 9.70. The topological polar surface area (TPSA) is 29.5 Å². The number of ether oxygens (including phenoxy) is 1. The molecule has 4 atom stereocenters. The van der Waals surface area contributed by atoms with E-state index in [2.05, 4.69) is 20.8 Å². The molecule has 1 saturated heterocycles. The first-order chi connectivity index (χ1) is 6.65. The molecule has 0 aromatic carbocycles. The van der Waals surface area contributed by atoms with Gasteiger partial charge in [-0.3, -0.25) is 0 Å². The van der Waals surface area contributed by atoms with Crippen molar-refractivity contribution < 1.29 is 9.84 Å². The Hall–Kier alpha value is -0.0800. The first-order valence-electron chi connectivity index (χ1n) is 5.94. The van der Waals surface area contributed by atoms with Crippen LogP contribution in [0.4, 0.5) is 0 Å². The van der Waals surface area contributed by atoms with Crippen LogP contribution >= 0.6 is 0 Å². The largest absolute Gasteiger partial charge is 0.390 e. The van der Waals surface area contributed by atoms with Crippen LogP contribution in [-0.4, -0.2) is 23.9 Å². The van der Waals surface area contributed by atoms with Crippen LogP contribution in [0, 0.1) is 11.8 Å². The van der Waals surface area contributed by atoms with Gasteiger partial charge in [-0.25, -0.2) is 0 Å². The van der Waals surface area contributed by atoms with Crippen LogP contribution in [0.5, 0.6) is 0 Å². The number of rotatable bonds is 5. The summed E-state index contributed by atoms with van der Waals surface area (Å²) in [6, 6.07) is 0. The highest BCUT2D eigenvalue weighted by molar-refractivity contribution is 4.80. The van der Waals surface area contributed by atoms with Crippen molar-refractivity contribution in [2.75, 3.05) is 6.61 Å². The molecule has 0 aromatic heterocycles. The van der Waals surface area contributed by atoms with Crippen molar-refractivity contribution in [1.29, 1.82) is 0 Å². The molecule has 1 aliphatic rings. The van der Waals surface area contributed by atoms with E-state index in [1.165, 1.54) is 12.8 Å². The maximum atomic E-state index is 9.99. The highest BCUT2D eigenvalue weighted by atomic mass is 16.5. The monoisotopic (exact) mass is 200 g/mol. The minimum atomic E-state index is -0.256. The van der Waals surface area contributed by atoms with Crippen molar-refractivity contribution in [2.45, 2.75) is 58.7 Å². The minimum Gasteiger partial charge on any atom is -0.390 e. The smallest absolute Gasteiger partial charge is 0.0860 e. The molecule has 0 spiro atoms. The third-order valence-corrected chi connectivity index (χ3v) is 3.25. The lowest BCUT2D eigenvalue weighted by atomic mass is 9.91. The normalized spacial score (nSPS) is 31.7. The molecule has 0 bridgehead atoms. The fourth-order valence-electron chi connectivity index (χ4n) is 2.37. The van der Waals surface area contributed by atoms with Crippen LogP contribution < -0.4 is 0 Å². The average Bonchev–Trinajstić information content (AvgIpc) is 2.51. The summed E-state index contributed by atoms with van der Waals surface area (Å²) in [5.41, 5.74) is 0. The van der Waals surface area contributed by atoms with Crippen molar-refractivity contribution >= 4 is 0 Å². The lowest BCUT2D eigenvalue weighted by Crippen LogP contribution is -2.31. The second-order valence-corrected chi connectivity index (χ2v) is 4.80. The molecule has 0 saturated carbocycles. The van der Waals surface area contributed by atoms with E-state index in [-0.39, 0.29) is 12.2 Å². The quantitative estimate of drug-likeness (QED) is 0.739. The molecule has 1 fully saturated rings. The minimum absolute atomic E-state index is 0.0920. The van der Waals surface area contributed by atoms with Gasteiger partial charge in [0.05, 0.1) is 12.2 Å². The third-order valence-electron chi connectivity index (χ3n) is 3.25. The van der Waals surface area contributed by atoms with Crippen molar-refractivity contribution in [3.05, 3.63) is 0 Å². The fourth-order valence-corrected chi connectivity index (χ4v) is 2.37. The van der Waals surface area contributed by atoms with Gasteiger partial charge in [0.2, 0.25) is 0 Å². The van der Waals surface area contributed by atoms with Crippen molar-refractivity contribution in [3.63, 3.8) is 0 Å². The van der Waals surface area contributed by atoms with E-state index in [1.54, 1.807) is 0 Å². The van der Waals surface area contributed by atoms with Gasteiger partial charge in [-0.2, -0.15) is 0 Å². The summed E-state index contributed by atoms with van der Waals surface area (Å²) in [7, 11) is 0. The molecule has 1 heterocycles. The number of aliphatic hydroxyl groups is 1. The zero-order chi connectivity index (χ0) is 10.6. The van der Waals surface area contributed by atoms with E-state index in [9.17, 15) is 5.11 Å². The molecule has 1 N–H and O–H groups in total. The Labute approximate surface area is 87.7 Å². The van der Waals surface area contributed by atoms with E-state index in [1.807, 2.05) is 0 Å². The van der Waals surface area contributed by atoms with Gasteiger partial charge in [-0.05, 0) is 24.7 Å². The standard InChI is InChI=1S/C12H24O2/c1-4-5-9(2)8-11(13)12-10(3)6-7-14-12/h9-13H,4-8H2,1-3H3. The molecule has 1 rings (SSSR count). The Morgan fingerprint density at radius 3 is 2.71 bits per heavy atom. The van der Waals surface area contributed by atoms with Crippen LogP contribution in [0.25, 0.3) is 0 Å². The Morgan fingerprint density at radius 2 is 2.21 bits per heavy atom. The van der Waals surface area contributed by atoms with E-state index in [0.717, 1.165) is 19.4 Å².